The Hall–Kier alpha value is -2.11. The first-order valence-electron chi connectivity index (χ1n) is 7.00. The largest absolute Gasteiger partial charge is 0.390 e. The van der Waals surface area contributed by atoms with Crippen LogP contribution in [0.2, 0.25) is 5.15 Å². The van der Waals surface area contributed by atoms with Gasteiger partial charge >= 0.3 is 6.03 Å². The molecule has 0 bridgehead atoms. The van der Waals surface area contributed by atoms with Crippen molar-refractivity contribution in [3.63, 3.8) is 0 Å². The Balaban J connectivity index is 1.70. The Morgan fingerprint density at radius 3 is 2.95 bits per heavy atom. The summed E-state index contributed by atoms with van der Waals surface area (Å²) >= 11 is 5.86. The van der Waals surface area contributed by atoms with Crippen molar-refractivity contribution in [2.45, 2.75) is 25.5 Å². The van der Waals surface area contributed by atoms with Crippen LogP contribution in [0.15, 0.2) is 36.5 Å². The van der Waals surface area contributed by atoms with Crippen LogP contribution < -0.4 is 10.6 Å². The van der Waals surface area contributed by atoms with E-state index in [4.69, 9.17) is 11.6 Å². The Kier molecular flexibility index (Phi) is 4.00. The number of urea groups is 1. The summed E-state index contributed by atoms with van der Waals surface area (Å²) in [5, 5.41) is 16.1. The molecule has 0 saturated carbocycles. The lowest BCUT2D eigenvalue weighted by atomic mass is 10.1. The summed E-state index contributed by atoms with van der Waals surface area (Å²) in [6, 6.07) is 8.66. The van der Waals surface area contributed by atoms with Crippen molar-refractivity contribution < 1.29 is 9.90 Å². The fraction of sp³-hybridized carbons (Fsp3) is 0.250. The third-order valence-corrected chi connectivity index (χ3v) is 4.16. The van der Waals surface area contributed by atoms with Gasteiger partial charge in [0, 0.05) is 6.42 Å². The van der Waals surface area contributed by atoms with Crippen molar-refractivity contribution in [3.05, 3.63) is 58.4 Å². The van der Waals surface area contributed by atoms with E-state index in [-0.39, 0.29) is 6.03 Å². The number of halogens is 1. The summed E-state index contributed by atoms with van der Waals surface area (Å²) in [5.74, 6) is 0. The molecule has 0 unspecified atom stereocenters. The van der Waals surface area contributed by atoms with Gasteiger partial charge in [0.25, 0.3) is 0 Å². The van der Waals surface area contributed by atoms with Crippen LogP contribution >= 0.6 is 11.6 Å². The van der Waals surface area contributed by atoms with Gasteiger partial charge in [0.2, 0.25) is 0 Å². The fourth-order valence-corrected chi connectivity index (χ4v) is 2.79. The molecule has 0 spiro atoms. The van der Waals surface area contributed by atoms with E-state index in [2.05, 4.69) is 15.6 Å². The van der Waals surface area contributed by atoms with Gasteiger partial charge in [-0.15, -0.1) is 0 Å². The predicted molar refractivity (Wildman–Crippen MR) is 85.0 cm³/mol. The molecule has 0 saturated heterocycles. The maximum absolute atomic E-state index is 12.1. The van der Waals surface area contributed by atoms with E-state index in [1.165, 1.54) is 6.20 Å². The number of carbonyl (C=O) groups excluding carboxylic acids is 1. The average Bonchev–Trinajstić information content (AvgIpc) is 2.79. The first kappa shape index (κ1) is 14.8. The van der Waals surface area contributed by atoms with Gasteiger partial charge in [-0.2, -0.15) is 0 Å². The van der Waals surface area contributed by atoms with Crippen LogP contribution in [0.25, 0.3) is 0 Å². The first-order chi connectivity index (χ1) is 10.5. The summed E-state index contributed by atoms with van der Waals surface area (Å²) in [6.45, 7) is 1.81. The van der Waals surface area contributed by atoms with E-state index in [0.29, 0.717) is 17.3 Å². The van der Waals surface area contributed by atoms with Gasteiger partial charge in [-0.05, 0) is 29.7 Å². The Morgan fingerprint density at radius 2 is 2.18 bits per heavy atom. The minimum Gasteiger partial charge on any atom is -0.390 e. The predicted octanol–water partition coefficient (Wildman–Crippen LogP) is 2.82. The number of rotatable bonds is 2. The molecule has 1 heterocycles. The van der Waals surface area contributed by atoms with E-state index in [9.17, 15) is 9.90 Å². The summed E-state index contributed by atoms with van der Waals surface area (Å²) in [7, 11) is 0. The Labute approximate surface area is 133 Å². The molecular formula is C16H16ClN3O2. The van der Waals surface area contributed by atoms with E-state index < -0.39 is 12.1 Å². The second-order valence-corrected chi connectivity index (χ2v) is 5.74. The first-order valence-corrected chi connectivity index (χ1v) is 7.38. The van der Waals surface area contributed by atoms with E-state index in [0.717, 1.165) is 16.7 Å². The number of aliphatic hydroxyl groups is 1. The Bertz CT molecular complexity index is 720. The van der Waals surface area contributed by atoms with E-state index >= 15 is 0 Å². The Morgan fingerprint density at radius 1 is 1.41 bits per heavy atom. The van der Waals surface area contributed by atoms with Gasteiger partial charge in [-0.3, -0.25) is 0 Å². The minimum absolute atomic E-state index is 0.385. The quantitative estimate of drug-likeness (QED) is 0.746. The molecule has 3 rings (SSSR count). The molecule has 2 aromatic rings. The molecule has 2 atom stereocenters. The van der Waals surface area contributed by atoms with Gasteiger partial charge in [-0.1, -0.05) is 35.9 Å². The summed E-state index contributed by atoms with van der Waals surface area (Å²) in [4.78, 5) is 16.1. The highest BCUT2D eigenvalue weighted by Gasteiger charge is 2.31. The molecule has 0 aliphatic heterocycles. The van der Waals surface area contributed by atoms with Gasteiger partial charge in [0.15, 0.2) is 0 Å². The lowest BCUT2D eigenvalue weighted by Crippen LogP contribution is -2.36. The van der Waals surface area contributed by atoms with Gasteiger partial charge in [0.1, 0.15) is 5.15 Å². The molecule has 1 aromatic heterocycles. The molecule has 0 radical (unpaired) electrons. The highest BCUT2D eigenvalue weighted by atomic mass is 35.5. The lowest BCUT2D eigenvalue weighted by Gasteiger charge is -2.18. The summed E-state index contributed by atoms with van der Waals surface area (Å²) in [6.07, 6.45) is 1.42. The standard InChI is InChI=1S/C16H16ClN3O2/c1-9-6-11(8-18-15(9)17)19-16(22)20-14-12-5-3-2-4-10(12)7-13(14)21/h2-6,8,13-14,21H,7H2,1H3,(H2,19,20,22)/t13-,14+/m0/s1. The topological polar surface area (TPSA) is 74.2 Å². The van der Waals surface area contributed by atoms with Crippen molar-refractivity contribution in [1.82, 2.24) is 10.3 Å². The smallest absolute Gasteiger partial charge is 0.319 e. The van der Waals surface area contributed by atoms with E-state index in [1.54, 1.807) is 6.07 Å². The summed E-state index contributed by atoms with van der Waals surface area (Å²) in [5.41, 5.74) is 3.35. The van der Waals surface area contributed by atoms with Crippen molar-refractivity contribution in [3.8, 4) is 0 Å². The number of aliphatic hydroxyl groups excluding tert-OH is 1. The zero-order chi connectivity index (χ0) is 15.7. The summed E-state index contributed by atoms with van der Waals surface area (Å²) < 4.78 is 0. The molecule has 2 amide bonds. The number of aromatic nitrogens is 1. The average molecular weight is 318 g/mol. The molecule has 1 aliphatic rings. The number of fused-ring (bicyclic) bond motifs is 1. The molecule has 114 valence electrons. The highest BCUT2D eigenvalue weighted by molar-refractivity contribution is 6.30. The lowest BCUT2D eigenvalue weighted by molar-refractivity contribution is 0.144. The van der Waals surface area contributed by atoms with Crippen molar-refractivity contribution in [1.29, 1.82) is 0 Å². The molecule has 6 heteroatoms. The van der Waals surface area contributed by atoms with Gasteiger partial charge in [-0.25, -0.2) is 9.78 Å². The molecule has 5 nitrogen and oxygen atoms in total. The molecule has 22 heavy (non-hydrogen) atoms. The van der Waals surface area contributed by atoms with Crippen LogP contribution in [0.3, 0.4) is 0 Å². The van der Waals surface area contributed by atoms with Crippen molar-refractivity contribution in [2.75, 3.05) is 5.32 Å². The van der Waals surface area contributed by atoms with Crippen molar-refractivity contribution in [2.24, 2.45) is 0 Å². The zero-order valence-electron chi connectivity index (χ0n) is 12.0. The molecule has 1 aromatic carbocycles. The fourth-order valence-electron chi connectivity index (χ4n) is 2.68. The molecular weight excluding hydrogens is 302 g/mol. The van der Waals surface area contributed by atoms with Crippen LogP contribution in [-0.4, -0.2) is 22.2 Å². The second-order valence-electron chi connectivity index (χ2n) is 5.38. The molecule has 3 N–H and O–H groups in total. The van der Waals surface area contributed by atoms with Crippen LogP contribution in [0.4, 0.5) is 10.5 Å². The normalized spacial score (nSPS) is 19.6. The number of hydrogen-bond donors (Lipinski definition) is 3. The zero-order valence-corrected chi connectivity index (χ0v) is 12.8. The number of hydrogen-bond acceptors (Lipinski definition) is 3. The van der Waals surface area contributed by atoms with Gasteiger partial charge < -0.3 is 15.7 Å². The number of amides is 2. The van der Waals surface area contributed by atoms with Gasteiger partial charge in [0.05, 0.1) is 24.0 Å². The van der Waals surface area contributed by atoms with Crippen molar-refractivity contribution >= 4 is 23.3 Å². The van der Waals surface area contributed by atoms with Crippen LogP contribution in [0.1, 0.15) is 22.7 Å². The van der Waals surface area contributed by atoms with E-state index in [1.807, 2.05) is 31.2 Å². The number of carbonyl (C=O) groups is 1. The number of pyridine rings is 1. The molecule has 0 fully saturated rings. The number of nitrogens with zero attached hydrogens (tertiary/aromatic N) is 1. The SMILES string of the molecule is Cc1cc(NC(=O)N[C@@H]2c3ccccc3C[C@@H]2O)cnc1Cl. The second kappa shape index (κ2) is 5.94. The molecule has 1 aliphatic carbocycles. The maximum atomic E-state index is 12.1. The van der Waals surface area contributed by atoms with Crippen LogP contribution in [0, 0.1) is 6.92 Å². The third-order valence-electron chi connectivity index (χ3n) is 3.76. The highest BCUT2D eigenvalue weighted by Crippen LogP contribution is 2.31. The third kappa shape index (κ3) is 2.91. The number of aryl methyl sites for hydroxylation is 1. The maximum Gasteiger partial charge on any atom is 0.319 e. The number of benzene rings is 1. The number of anilines is 1. The van der Waals surface area contributed by atoms with Crippen LogP contribution in [-0.2, 0) is 6.42 Å². The number of nitrogens with one attached hydrogen (secondary N) is 2. The monoisotopic (exact) mass is 317 g/mol. The van der Waals surface area contributed by atoms with Crippen LogP contribution in [0.5, 0.6) is 0 Å². The minimum atomic E-state index is -0.617.